The number of rotatable bonds is 6. The molecule has 3 aromatic rings. The SMILES string of the molecule is COc1ccc(N2CCC(=C(F)F)CC2)cc1S(=O)(=O)NC(=O)c1cc2c(F)cc(N(C)C)cc2o1. The molecule has 0 radical (unpaired) electrons. The van der Waals surface area contributed by atoms with Gasteiger partial charge in [-0.1, -0.05) is 0 Å². The second-order valence-electron chi connectivity index (χ2n) is 8.47. The monoisotopic (exact) mass is 523 g/mol. The minimum Gasteiger partial charge on any atom is -0.495 e. The molecule has 8 nitrogen and oxygen atoms in total. The van der Waals surface area contributed by atoms with E-state index in [-0.39, 0.29) is 58.9 Å². The maximum absolute atomic E-state index is 14.5. The lowest BCUT2D eigenvalue weighted by atomic mass is 10.0. The molecule has 1 fully saturated rings. The summed E-state index contributed by atoms with van der Waals surface area (Å²) in [4.78, 5) is 15.9. The van der Waals surface area contributed by atoms with Crippen molar-refractivity contribution >= 4 is 38.3 Å². The van der Waals surface area contributed by atoms with Crippen LogP contribution < -0.4 is 19.3 Å². The van der Waals surface area contributed by atoms with Gasteiger partial charge in [-0.3, -0.25) is 4.79 Å². The van der Waals surface area contributed by atoms with Crippen LogP contribution in [0, 0.1) is 5.82 Å². The molecule has 12 heteroatoms. The highest BCUT2D eigenvalue weighted by atomic mass is 32.2. The summed E-state index contributed by atoms with van der Waals surface area (Å²) in [6.07, 6.45) is -1.37. The Bertz CT molecular complexity index is 1450. The Labute approximate surface area is 206 Å². The third-order valence-corrected chi connectivity index (χ3v) is 7.33. The van der Waals surface area contributed by atoms with Crippen LogP contribution in [0.4, 0.5) is 24.5 Å². The number of anilines is 2. The van der Waals surface area contributed by atoms with Gasteiger partial charge in [0, 0.05) is 50.7 Å². The zero-order valence-electron chi connectivity index (χ0n) is 19.8. The van der Waals surface area contributed by atoms with Crippen molar-refractivity contribution < 1.29 is 35.5 Å². The summed E-state index contributed by atoms with van der Waals surface area (Å²) in [5.74, 6) is -2.11. The third kappa shape index (κ3) is 4.99. The second-order valence-corrected chi connectivity index (χ2v) is 10.1. The number of hydrogen-bond acceptors (Lipinski definition) is 7. The lowest BCUT2D eigenvalue weighted by molar-refractivity contribution is 0.0956. The van der Waals surface area contributed by atoms with Crippen molar-refractivity contribution in [2.75, 3.05) is 44.1 Å². The predicted molar refractivity (Wildman–Crippen MR) is 129 cm³/mol. The Morgan fingerprint density at radius 1 is 1.11 bits per heavy atom. The highest BCUT2D eigenvalue weighted by molar-refractivity contribution is 7.90. The number of nitrogens with zero attached hydrogens (tertiary/aromatic N) is 2. The molecule has 1 amide bonds. The van der Waals surface area contributed by atoms with Crippen molar-refractivity contribution in [3.05, 3.63) is 59.6 Å². The van der Waals surface area contributed by atoms with Gasteiger partial charge in [0.25, 0.3) is 16.1 Å². The van der Waals surface area contributed by atoms with E-state index in [1.54, 1.807) is 30.0 Å². The first-order valence-electron chi connectivity index (χ1n) is 10.9. The number of methoxy groups -OCH3 is 1. The molecule has 2 aromatic carbocycles. The van der Waals surface area contributed by atoms with E-state index in [2.05, 4.69) is 0 Å². The standard InChI is InChI=1S/C24H24F3N3O5S/c1-29(2)16-10-18(25)17-13-21(35-20(17)11-16)24(31)28-36(32,33)22-12-15(4-5-19(22)34-3)30-8-6-14(7-9-30)23(26)27/h4-5,10-13H,6-9H2,1-3H3,(H,28,31). The number of furan rings is 1. The summed E-state index contributed by atoms with van der Waals surface area (Å²) in [7, 11) is 0.257. The Morgan fingerprint density at radius 2 is 1.81 bits per heavy atom. The molecular weight excluding hydrogens is 499 g/mol. The number of sulfonamides is 1. The van der Waals surface area contributed by atoms with E-state index in [1.807, 2.05) is 4.72 Å². The predicted octanol–water partition coefficient (Wildman–Crippen LogP) is 4.52. The van der Waals surface area contributed by atoms with Crippen molar-refractivity contribution in [3.63, 3.8) is 0 Å². The molecule has 0 aliphatic carbocycles. The van der Waals surface area contributed by atoms with E-state index in [0.717, 1.165) is 6.07 Å². The molecule has 1 saturated heterocycles. The molecule has 0 spiro atoms. The number of piperidine rings is 1. The van der Waals surface area contributed by atoms with Crippen LogP contribution in [0.15, 0.2) is 57.4 Å². The van der Waals surface area contributed by atoms with Crippen LogP contribution in [-0.4, -0.2) is 48.6 Å². The van der Waals surface area contributed by atoms with Crippen molar-refractivity contribution in [1.82, 2.24) is 4.72 Å². The van der Waals surface area contributed by atoms with E-state index in [1.165, 1.54) is 31.4 Å². The van der Waals surface area contributed by atoms with Crippen LogP contribution in [0.5, 0.6) is 5.75 Å². The maximum atomic E-state index is 14.5. The van der Waals surface area contributed by atoms with Gasteiger partial charge in [0.15, 0.2) is 5.76 Å². The van der Waals surface area contributed by atoms with Crippen molar-refractivity contribution in [2.24, 2.45) is 0 Å². The summed E-state index contributed by atoms with van der Waals surface area (Å²) in [5.41, 5.74) is 1.15. The molecule has 0 bridgehead atoms. The van der Waals surface area contributed by atoms with Gasteiger partial charge in [0.2, 0.25) is 0 Å². The molecule has 1 aliphatic rings. The highest BCUT2D eigenvalue weighted by Crippen LogP contribution is 2.32. The van der Waals surface area contributed by atoms with Gasteiger partial charge >= 0.3 is 5.91 Å². The summed E-state index contributed by atoms with van der Waals surface area (Å²) in [5, 5.41) is 0.0333. The van der Waals surface area contributed by atoms with Crippen molar-refractivity contribution in [3.8, 4) is 5.75 Å². The molecule has 4 rings (SSSR count). The van der Waals surface area contributed by atoms with Crippen LogP contribution in [0.2, 0.25) is 0 Å². The minimum atomic E-state index is -4.45. The van der Waals surface area contributed by atoms with Gasteiger partial charge in [-0.05, 0) is 42.7 Å². The van der Waals surface area contributed by atoms with Gasteiger partial charge in [-0.15, -0.1) is 0 Å². The molecule has 0 atom stereocenters. The molecule has 192 valence electrons. The molecule has 1 N–H and O–H groups in total. The van der Waals surface area contributed by atoms with Crippen LogP contribution in [0.3, 0.4) is 0 Å². The smallest absolute Gasteiger partial charge is 0.300 e. The van der Waals surface area contributed by atoms with Gasteiger partial charge in [0.1, 0.15) is 22.0 Å². The summed E-state index contributed by atoms with van der Waals surface area (Å²) >= 11 is 0. The van der Waals surface area contributed by atoms with Gasteiger partial charge in [-0.2, -0.15) is 8.78 Å². The fourth-order valence-electron chi connectivity index (χ4n) is 3.98. The van der Waals surface area contributed by atoms with Crippen molar-refractivity contribution in [1.29, 1.82) is 0 Å². The van der Waals surface area contributed by atoms with Crippen molar-refractivity contribution in [2.45, 2.75) is 17.7 Å². The lowest BCUT2D eigenvalue weighted by Crippen LogP contribution is -2.32. The van der Waals surface area contributed by atoms with E-state index in [4.69, 9.17) is 9.15 Å². The largest absolute Gasteiger partial charge is 0.495 e. The topological polar surface area (TPSA) is 92.1 Å². The molecule has 36 heavy (non-hydrogen) atoms. The number of benzene rings is 2. The summed E-state index contributed by atoms with van der Waals surface area (Å²) in [6, 6.07) is 8.29. The Hall–Kier alpha value is -3.67. The Morgan fingerprint density at radius 3 is 2.42 bits per heavy atom. The molecular formula is C24H24F3N3O5S. The quantitative estimate of drug-likeness (QED) is 0.508. The van der Waals surface area contributed by atoms with Crippen LogP contribution in [0.1, 0.15) is 23.4 Å². The number of carbonyl (C=O) groups excluding carboxylic acids is 1. The first-order valence-corrected chi connectivity index (χ1v) is 12.4. The fraction of sp³-hybridized carbons (Fsp3) is 0.292. The number of ether oxygens (including phenoxy) is 1. The molecule has 0 saturated carbocycles. The third-order valence-electron chi connectivity index (χ3n) is 5.98. The summed E-state index contributed by atoms with van der Waals surface area (Å²) < 4.78 is 79.0. The number of amides is 1. The average molecular weight is 524 g/mol. The second kappa shape index (κ2) is 9.76. The fourth-order valence-corrected chi connectivity index (χ4v) is 5.12. The minimum absolute atomic E-state index is 0.0160. The van der Waals surface area contributed by atoms with Gasteiger partial charge < -0.3 is 19.0 Å². The number of halogens is 3. The zero-order chi connectivity index (χ0) is 26.2. The van der Waals surface area contributed by atoms with E-state index in [0.29, 0.717) is 11.4 Å². The first kappa shape index (κ1) is 25.4. The first-order chi connectivity index (χ1) is 17.0. The molecule has 2 heterocycles. The molecule has 1 aliphatic heterocycles. The van der Waals surface area contributed by atoms with E-state index < -0.39 is 27.8 Å². The van der Waals surface area contributed by atoms with Crippen LogP contribution in [-0.2, 0) is 10.0 Å². The van der Waals surface area contributed by atoms with Gasteiger partial charge in [0.05, 0.1) is 12.5 Å². The Balaban J connectivity index is 1.61. The number of carbonyl (C=O) groups is 1. The Kier molecular flexibility index (Phi) is 6.90. The maximum Gasteiger partial charge on any atom is 0.300 e. The number of fused-ring (bicyclic) bond motifs is 1. The lowest BCUT2D eigenvalue weighted by Gasteiger charge is -2.30. The van der Waals surface area contributed by atoms with Crippen LogP contribution >= 0.6 is 0 Å². The summed E-state index contributed by atoms with van der Waals surface area (Å²) in [6.45, 7) is 0.564. The van der Waals surface area contributed by atoms with E-state index >= 15 is 0 Å². The normalized spacial score (nSPS) is 14.2. The van der Waals surface area contributed by atoms with Gasteiger partial charge in [-0.25, -0.2) is 17.5 Å². The average Bonchev–Trinajstić information content (AvgIpc) is 3.29. The molecule has 0 unspecified atom stereocenters. The number of nitrogens with one attached hydrogen (secondary N) is 1. The number of hydrogen-bond donors (Lipinski definition) is 1. The highest BCUT2D eigenvalue weighted by Gasteiger charge is 2.27. The van der Waals surface area contributed by atoms with Crippen LogP contribution in [0.25, 0.3) is 11.0 Å². The molecule has 1 aromatic heterocycles. The zero-order valence-corrected chi connectivity index (χ0v) is 20.6. The van der Waals surface area contributed by atoms with E-state index in [9.17, 15) is 26.4 Å².